The number of hydrogen-bond donors (Lipinski definition) is 1. The quantitative estimate of drug-likeness (QED) is 0.570. The molecule has 5 rings (SSSR count). The fourth-order valence-electron chi connectivity index (χ4n) is 4.05. The summed E-state index contributed by atoms with van der Waals surface area (Å²) in [6, 6.07) is 14.2. The normalized spacial score (nSPS) is 18.6. The van der Waals surface area contributed by atoms with Crippen LogP contribution in [0.3, 0.4) is 0 Å². The molecule has 0 saturated carbocycles. The number of likely N-dealkylation sites (N-methyl/N-ethyl adjacent to an activating group) is 1. The Morgan fingerprint density at radius 3 is 2.62 bits per heavy atom. The molecule has 0 bridgehead atoms. The topological polar surface area (TPSA) is 65.5 Å². The van der Waals surface area contributed by atoms with Gasteiger partial charge in [-0.2, -0.15) is 0 Å². The molecular formula is C24H21ClN4O2S. The number of pyridine rings is 1. The molecule has 162 valence electrons. The molecule has 0 aliphatic carbocycles. The monoisotopic (exact) mass is 464 g/mol. The van der Waals surface area contributed by atoms with E-state index >= 15 is 0 Å². The number of thioether (sulfide) groups is 1. The summed E-state index contributed by atoms with van der Waals surface area (Å²) in [5.41, 5.74) is 4.69. The van der Waals surface area contributed by atoms with Crippen LogP contribution in [0, 0.1) is 0 Å². The Bertz CT molecular complexity index is 1270. The zero-order valence-electron chi connectivity index (χ0n) is 17.5. The highest BCUT2D eigenvalue weighted by molar-refractivity contribution is 8.18. The first-order valence-electron chi connectivity index (χ1n) is 10.3. The Hall–Kier alpha value is -2.87. The van der Waals surface area contributed by atoms with E-state index in [1.165, 1.54) is 0 Å². The summed E-state index contributed by atoms with van der Waals surface area (Å²) < 4.78 is 0. The third-order valence-electron chi connectivity index (χ3n) is 5.79. The van der Waals surface area contributed by atoms with Crippen molar-refractivity contribution in [3.05, 3.63) is 64.2 Å². The fourth-order valence-corrected chi connectivity index (χ4v) is 5.03. The third-order valence-corrected chi connectivity index (χ3v) is 6.90. The van der Waals surface area contributed by atoms with E-state index in [2.05, 4.69) is 39.3 Å². The van der Waals surface area contributed by atoms with Crippen molar-refractivity contribution in [1.29, 1.82) is 0 Å². The van der Waals surface area contributed by atoms with E-state index in [4.69, 9.17) is 11.6 Å². The summed E-state index contributed by atoms with van der Waals surface area (Å²) in [4.78, 5) is 32.9. The van der Waals surface area contributed by atoms with Gasteiger partial charge in [-0.05, 0) is 65.8 Å². The second kappa shape index (κ2) is 8.58. The van der Waals surface area contributed by atoms with Crippen molar-refractivity contribution in [2.45, 2.75) is 0 Å². The van der Waals surface area contributed by atoms with Gasteiger partial charge in [0.1, 0.15) is 0 Å². The first-order valence-corrected chi connectivity index (χ1v) is 11.5. The van der Waals surface area contributed by atoms with E-state index in [9.17, 15) is 9.59 Å². The Morgan fingerprint density at radius 2 is 1.91 bits per heavy atom. The minimum absolute atomic E-state index is 0.356. The molecule has 3 heterocycles. The van der Waals surface area contributed by atoms with E-state index in [1.54, 1.807) is 12.3 Å². The number of nitrogens with zero attached hydrogens (tertiary/aromatic N) is 3. The van der Waals surface area contributed by atoms with Gasteiger partial charge in [0.25, 0.3) is 11.1 Å². The lowest BCUT2D eigenvalue weighted by atomic mass is 9.99. The summed E-state index contributed by atoms with van der Waals surface area (Å²) in [6.07, 6.45) is 3.40. The lowest BCUT2D eigenvalue weighted by molar-refractivity contribution is -0.115. The lowest BCUT2D eigenvalue weighted by Crippen LogP contribution is -2.44. The average molecular weight is 465 g/mol. The molecular weight excluding hydrogens is 444 g/mol. The van der Waals surface area contributed by atoms with Crippen molar-refractivity contribution in [2.24, 2.45) is 0 Å². The van der Waals surface area contributed by atoms with Gasteiger partial charge in [-0.1, -0.05) is 29.8 Å². The van der Waals surface area contributed by atoms with Crippen molar-refractivity contribution in [2.75, 3.05) is 38.1 Å². The number of fused-ring (bicyclic) bond motifs is 1. The first kappa shape index (κ1) is 21.0. The minimum atomic E-state index is -0.375. The van der Waals surface area contributed by atoms with Crippen molar-refractivity contribution < 1.29 is 9.59 Å². The van der Waals surface area contributed by atoms with Crippen LogP contribution in [0.5, 0.6) is 0 Å². The number of halogens is 1. The van der Waals surface area contributed by atoms with Crippen LogP contribution in [0.4, 0.5) is 10.5 Å². The Morgan fingerprint density at radius 1 is 1.09 bits per heavy atom. The predicted octanol–water partition coefficient (Wildman–Crippen LogP) is 4.63. The Labute approximate surface area is 195 Å². The number of carbonyl (C=O) groups is 2. The molecule has 8 heteroatoms. The number of benzene rings is 2. The number of imide groups is 1. The summed E-state index contributed by atoms with van der Waals surface area (Å²) in [5, 5.41) is 3.61. The van der Waals surface area contributed by atoms with Gasteiger partial charge in [-0.15, -0.1) is 0 Å². The third kappa shape index (κ3) is 4.11. The second-order valence-corrected chi connectivity index (χ2v) is 9.37. The molecule has 3 aromatic rings. The fraction of sp³-hybridized carbons (Fsp3) is 0.208. The molecule has 0 unspecified atom stereocenters. The second-order valence-electron chi connectivity index (χ2n) is 7.95. The molecule has 2 amide bonds. The zero-order valence-corrected chi connectivity index (χ0v) is 19.0. The molecule has 0 radical (unpaired) electrons. The van der Waals surface area contributed by atoms with Crippen molar-refractivity contribution >= 4 is 57.2 Å². The largest absolute Gasteiger partial charge is 0.368 e. The van der Waals surface area contributed by atoms with Crippen LogP contribution in [0.15, 0.2) is 53.6 Å². The van der Waals surface area contributed by atoms with Crippen molar-refractivity contribution in [3.63, 3.8) is 0 Å². The van der Waals surface area contributed by atoms with Gasteiger partial charge >= 0.3 is 0 Å². The van der Waals surface area contributed by atoms with Gasteiger partial charge in [-0.25, -0.2) is 0 Å². The van der Waals surface area contributed by atoms with E-state index in [0.717, 1.165) is 76.2 Å². The van der Waals surface area contributed by atoms with E-state index in [1.807, 2.05) is 30.3 Å². The van der Waals surface area contributed by atoms with E-state index in [-0.39, 0.29) is 11.1 Å². The number of piperazine rings is 1. The summed E-state index contributed by atoms with van der Waals surface area (Å²) in [6.45, 7) is 3.96. The van der Waals surface area contributed by atoms with Crippen molar-refractivity contribution in [1.82, 2.24) is 15.2 Å². The number of hydrogen-bond acceptors (Lipinski definition) is 6. The molecule has 6 nitrogen and oxygen atoms in total. The van der Waals surface area contributed by atoms with Crippen LogP contribution in [0.1, 0.15) is 5.56 Å². The summed E-state index contributed by atoms with van der Waals surface area (Å²) in [7, 11) is 2.14. The molecule has 32 heavy (non-hydrogen) atoms. The van der Waals surface area contributed by atoms with Gasteiger partial charge in [0.2, 0.25) is 0 Å². The highest BCUT2D eigenvalue weighted by Crippen LogP contribution is 2.35. The maximum absolute atomic E-state index is 11.9. The average Bonchev–Trinajstić information content (AvgIpc) is 3.10. The van der Waals surface area contributed by atoms with Crippen LogP contribution < -0.4 is 10.2 Å². The Balaban J connectivity index is 1.51. The Kier molecular flexibility index (Phi) is 5.63. The molecule has 0 spiro atoms. The lowest BCUT2D eigenvalue weighted by Gasteiger charge is -2.34. The van der Waals surface area contributed by atoms with Crippen molar-refractivity contribution in [3.8, 4) is 11.1 Å². The van der Waals surface area contributed by atoms with Crippen LogP contribution >= 0.6 is 23.4 Å². The molecule has 1 aromatic heterocycles. The van der Waals surface area contributed by atoms with Gasteiger partial charge < -0.3 is 9.80 Å². The number of anilines is 1. The van der Waals surface area contributed by atoms with Gasteiger partial charge in [0, 0.05) is 37.8 Å². The highest BCUT2D eigenvalue weighted by Gasteiger charge is 2.25. The van der Waals surface area contributed by atoms with Crippen LogP contribution in [-0.4, -0.2) is 54.3 Å². The molecule has 2 fully saturated rings. The van der Waals surface area contributed by atoms with E-state index in [0.29, 0.717) is 4.91 Å². The number of rotatable bonds is 3. The number of amides is 2. The molecule has 2 aromatic carbocycles. The number of carbonyl (C=O) groups excluding carboxylic acids is 2. The summed E-state index contributed by atoms with van der Waals surface area (Å²) in [5.74, 6) is -0.375. The smallest absolute Gasteiger partial charge is 0.290 e. The standard InChI is InChI=1S/C24H21ClN4O2S/c1-28-7-9-29(10-8-28)21-6-5-16(13-19(21)25)17-3-2-4-20-18(17)11-15(14-26-20)12-22-23(30)27-24(31)32-22/h2-6,11-14H,7-10H2,1H3,(H,27,30,31). The van der Waals surface area contributed by atoms with Gasteiger partial charge in [0.05, 0.1) is 21.1 Å². The summed E-state index contributed by atoms with van der Waals surface area (Å²) >= 11 is 7.62. The number of aromatic nitrogens is 1. The highest BCUT2D eigenvalue weighted by atomic mass is 35.5. The maximum atomic E-state index is 11.9. The predicted molar refractivity (Wildman–Crippen MR) is 131 cm³/mol. The van der Waals surface area contributed by atoms with Gasteiger partial charge in [-0.3, -0.25) is 19.9 Å². The molecule has 2 aliphatic heterocycles. The van der Waals surface area contributed by atoms with Crippen LogP contribution in [0.25, 0.3) is 28.1 Å². The minimum Gasteiger partial charge on any atom is -0.368 e. The first-order chi connectivity index (χ1) is 15.5. The van der Waals surface area contributed by atoms with Crippen LogP contribution in [0.2, 0.25) is 5.02 Å². The van der Waals surface area contributed by atoms with Crippen LogP contribution in [-0.2, 0) is 4.79 Å². The number of nitrogens with one attached hydrogen (secondary N) is 1. The SMILES string of the molecule is CN1CCN(c2ccc(-c3cccc4ncc(C=C5SC(=O)NC5=O)cc34)cc2Cl)CC1. The van der Waals surface area contributed by atoms with E-state index < -0.39 is 0 Å². The molecule has 0 atom stereocenters. The molecule has 2 saturated heterocycles. The van der Waals surface area contributed by atoms with Gasteiger partial charge in [0.15, 0.2) is 0 Å². The molecule has 1 N–H and O–H groups in total. The molecule has 2 aliphatic rings. The zero-order chi connectivity index (χ0) is 22.2. The maximum Gasteiger partial charge on any atom is 0.290 e.